The number of sulfonamides is 1. The van der Waals surface area contributed by atoms with E-state index in [1.807, 2.05) is 42.6 Å². The number of hydrogen-bond acceptors (Lipinski definition) is 4. The summed E-state index contributed by atoms with van der Waals surface area (Å²) in [5.74, 6) is -0.141. The second-order valence-corrected chi connectivity index (χ2v) is 9.55. The van der Waals surface area contributed by atoms with E-state index in [0.29, 0.717) is 17.1 Å². The SMILES string of the molecule is Cc1cccc(CS(=O)(=O)Nc2ccc3c(c2)N(C(=O)c2cccs2)CC3)c1. The summed E-state index contributed by atoms with van der Waals surface area (Å²) < 4.78 is 27.8. The topological polar surface area (TPSA) is 66.5 Å². The molecule has 1 N–H and O–H groups in total. The Morgan fingerprint density at radius 1 is 1.14 bits per heavy atom. The second kappa shape index (κ2) is 7.41. The van der Waals surface area contributed by atoms with Crippen molar-refractivity contribution in [2.75, 3.05) is 16.2 Å². The average Bonchev–Trinajstić information content (AvgIpc) is 3.30. The predicted molar refractivity (Wildman–Crippen MR) is 114 cm³/mol. The van der Waals surface area contributed by atoms with Gasteiger partial charge in [-0.2, -0.15) is 0 Å². The molecular formula is C21H20N2O3S2. The smallest absolute Gasteiger partial charge is 0.268 e. The first kappa shape index (κ1) is 18.7. The molecule has 2 heterocycles. The van der Waals surface area contributed by atoms with Crippen LogP contribution in [0.15, 0.2) is 60.0 Å². The maximum absolute atomic E-state index is 12.7. The van der Waals surface area contributed by atoms with Gasteiger partial charge in [-0.25, -0.2) is 8.42 Å². The van der Waals surface area contributed by atoms with Gasteiger partial charge in [0, 0.05) is 12.2 Å². The molecule has 4 rings (SSSR count). The number of anilines is 2. The number of fused-ring (bicyclic) bond motifs is 1. The van der Waals surface area contributed by atoms with Crippen molar-refractivity contribution in [3.8, 4) is 0 Å². The minimum atomic E-state index is -3.55. The van der Waals surface area contributed by atoms with E-state index in [-0.39, 0.29) is 11.7 Å². The summed E-state index contributed by atoms with van der Waals surface area (Å²) in [6.45, 7) is 2.54. The summed E-state index contributed by atoms with van der Waals surface area (Å²) in [4.78, 5) is 15.1. The Kier molecular flexibility index (Phi) is 4.95. The molecule has 3 aromatic rings. The largest absolute Gasteiger partial charge is 0.307 e. The summed E-state index contributed by atoms with van der Waals surface area (Å²) in [6, 6.07) is 16.5. The number of benzene rings is 2. The van der Waals surface area contributed by atoms with Crippen LogP contribution >= 0.6 is 11.3 Å². The van der Waals surface area contributed by atoms with Crippen molar-refractivity contribution in [2.24, 2.45) is 0 Å². The molecule has 7 heteroatoms. The Hall–Kier alpha value is -2.64. The van der Waals surface area contributed by atoms with E-state index in [2.05, 4.69) is 4.72 Å². The molecule has 0 radical (unpaired) electrons. The third kappa shape index (κ3) is 3.95. The maximum atomic E-state index is 12.7. The first-order valence-electron chi connectivity index (χ1n) is 8.96. The van der Waals surface area contributed by atoms with Gasteiger partial charge in [0.1, 0.15) is 0 Å². The molecule has 0 saturated heterocycles. The van der Waals surface area contributed by atoms with Gasteiger partial charge in [-0.3, -0.25) is 9.52 Å². The van der Waals surface area contributed by atoms with Crippen LogP contribution in [0.5, 0.6) is 0 Å². The van der Waals surface area contributed by atoms with Gasteiger partial charge in [-0.05, 0) is 48.1 Å². The molecular weight excluding hydrogens is 392 g/mol. The summed E-state index contributed by atoms with van der Waals surface area (Å²) >= 11 is 1.41. The molecule has 0 atom stereocenters. The van der Waals surface area contributed by atoms with Gasteiger partial charge in [-0.15, -0.1) is 11.3 Å². The third-order valence-corrected chi connectivity index (χ3v) is 6.79. The van der Waals surface area contributed by atoms with Gasteiger partial charge < -0.3 is 4.90 Å². The van der Waals surface area contributed by atoms with Crippen LogP contribution in [0.4, 0.5) is 11.4 Å². The molecule has 0 unspecified atom stereocenters. The molecule has 0 bridgehead atoms. The molecule has 0 aliphatic carbocycles. The monoisotopic (exact) mass is 412 g/mol. The Balaban J connectivity index is 1.55. The van der Waals surface area contributed by atoms with E-state index in [1.54, 1.807) is 29.2 Å². The number of amides is 1. The summed E-state index contributed by atoms with van der Waals surface area (Å²) in [7, 11) is -3.55. The fourth-order valence-electron chi connectivity index (χ4n) is 3.42. The molecule has 1 aromatic heterocycles. The van der Waals surface area contributed by atoms with Crippen molar-refractivity contribution in [2.45, 2.75) is 19.1 Å². The van der Waals surface area contributed by atoms with Crippen molar-refractivity contribution in [3.63, 3.8) is 0 Å². The highest BCUT2D eigenvalue weighted by Crippen LogP contribution is 2.33. The van der Waals surface area contributed by atoms with Crippen LogP contribution in [0.2, 0.25) is 0 Å². The number of thiophene rings is 1. The normalized spacial score (nSPS) is 13.4. The van der Waals surface area contributed by atoms with Crippen molar-refractivity contribution in [3.05, 3.63) is 81.5 Å². The van der Waals surface area contributed by atoms with Crippen molar-refractivity contribution in [1.29, 1.82) is 0 Å². The second-order valence-electron chi connectivity index (χ2n) is 6.88. The highest BCUT2D eigenvalue weighted by Gasteiger charge is 2.26. The lowest BCUT2D eigenvalue weighted by Gasteiger charge is -2.17. The van der Waals surface area contributed by atoms with Crippen LogP contribution in [0.1, 0.15) is 26.4 Å². The minimum Gasteiger partial charge on any atom is -0.307 e. The standard InChI is InChI=1S/C21H20N2O3S2/c1-15-4-2-5-16(12-15)14-28(25,26)22-18-8-7-17-9-10-23(19(17)13-18)21(24)20-6-3-11-27-20/h2-8,11-13,22H,9-10,14H2,1H3. The number of rotatable bonds is 5. The van der Waals surface area contributed by atoms with E-state index in [1.165, 1.54) is 11.3 Å². The zero-order valence-corrected chi connectivity index (χ0v) is 17.0. The van der Waals surface area contributed by atoms with Gasteiger partial charge >= 0.3 is 0 Å². The first-order chi connectivity index (χ1) is 13.4. The van der Waals surface area contributed by atoms with Crippen LogP contribution < -0.4 is 9.62 Å². The van der Waals surface area contributed by atoms with Crippen LogP contribution in [0.25, 0.3) is 0 Å². The number of hydrogen-bond donors (Lipinski definition) is 1. The summed E-state index contributed by atoms with van der Waals surface area (Å²) in [5.41, 5.74) is 4.05. The lowest BCUT2D eigenvalue weighted by atomic mass is 10.1. The maximum Gasteiger partial charge on any atom is 0.268 e. The summed E-state index contributed by atoms with van der Waals surface area (Å²) in [5, 5.41) is 1.88. The quantitative estimate of drug-likeness (QED) is 0.683. The van der Waals surface area contributed by atoms with Gasteiger partial charge in [0.25, 0.3) is 5.91 Å². The number of carbonyl (C=O) groups excluding carboxylic acids is 1. The number of nitrogens with zero attached hydrogens (tertiary/aromatic N) is 1. The molecule has 0 fully saturated rings. The van der Waals surface area contributed by atoms with Crippen LogP contribution in [0, 0.1) is 6.92 Å². The predicted octanol–water partition coefficient (Wildman–Crippen LogP) is 4.20. The molecule has 0 spiro atoms. The fraction of sp³-hybridized carbons (Fsp3) is 0.190. The van der Waals surface area contributed by atoms with E-state index in [0.717, 1.165) is 28.8 Å². The third-order valence-electron chi connectivity index (χ3n) is 4.67. The lowest BCUT2D eigenvalue weighted by molar-refractivity contribution is 0.0993. The zero-order valence-electron chi connectivity index (χ0n) is 15.4. The van der Waals surface area contributed by atoms with Gasteiger partial charge in [0.05, 0.1) is 16.3 Å². The Morgan fingerprint density at radius 2 is 2.00 bits per heavy atom. The van der Waals surface area contributed by atoms with Crippen molar-refractivity contribution >= 4 is 38.6 Å². The van der Waals surface area contributed by atoms with E-state index in [9.17, 15) is 13.2 Å². The van der Waals surface area contributed by atoms with Crippen LogP contribution in [-0.4, -0.2) is 20.9 Å². The Morgan fingerprint density at radius 3 is 2.75 bits per heavy atom. The fourth-order valence-corrected chi connectivity index (χ4v) is 5.27. The molecule has 1 aliphatic heterocycles. The zero-order chi connectivity index (χ0) is 19.7. The average molecular weight is 413 g/mol. The van der Waals surface area contributed by atoms with E-state index < -0.39 is 10.0 Å². The molecule has 2 aromatic carbocycles. The number of aryl methyl sites for hydroxylation is 1. The Bertz CT molecular complexity index is 1120. The van der Waals surface area contributed by atoms with E-state index in [4.69, 9.17) is 0 Å². The van der Waals surface area contributed by atoms with Crippen LogP contribution in [0.3, 0.4) is 0 Å². The van der Waals surface area contributed by atoms with Crippen molar-refractivity contribution in [1.82, 2.24) is 0 Å². The van der Waals surface area contributed by atoms with Gasteiger partial charge in [0.2, 0.25) is 10.0 Å². The van der Waals surface area contributed by atoms with Crippen LogP contribution in [-0.2, 0) is 22.2 Å². The van der Waals surface area contributed by atoms with Gasteiger partial charge in [-0.1, -0.05) is 42.0 Å². The molecule has 1 amide bonds. The number of carbonyl (C=O) groups is 1. The molecule has 0 saturated carbocycles. The molecule has 28 heavy (non-hydrogen) atoms. The highest BCUT2D eigenvalue weighted by atomic mass is 32.2. The summed E-state index contributed by atoms with van der Waals surface area (Å²) in [6.07, 6.45) is 0.767. The first-order valence-corrected chi connectivity index (χ1v) is 11.5. The molecule has 5 nitrogen and oxygen atoms in total. The van der Waals surface area contributed by atoms with Crippen molar-refractivity contribution < 1.29 is 13.2 Å². The molecule has 144 valence electrons. The lowest BCUT2D eigenvalue weighted by Crippen LogP contribution is -2.28. The molecule has 1 aliphatic rings. The minimum absolute atomic E-state index is 0.0477. The highest BCUT2D eigenvalue weighted by molar-refractivity contribution is 7.91. The van der Waals surface area contributed by atoms with E-state index >= 15 is 0 Å². The number of nitrogens with one attached hydrogen (secondary N) is 1. The van der Waals surface area contributed by atoms with Gasteiger partial charge in [0.15, 0.2) is 0 Å². The Labute approximate surface area is 168 Å².